The van der Waals surface area contributed by atoms with Crippen LogP contribution < -0.4 is 15.6 Å². The van der Waals surface area contributed by atoms with Gasteiger partial charge in [-0.25, -0.2) is 5.10 Å². The minimum Gasteiger partial charge on any atom is -0.489 e. The Morgan fingerprint density at radius 1 is 1.27 bits per heavy atom. The molecule has 0 aliphatic rings. The highest BCUT2D eigenvalue weighted by Gasteiger charge is 2.17. The van der Waals surface area contributed by atoms with E-state index in [1.165, 1.54) is 0 Å². The summed E-state index contributed by atoms with van der Waals surface area (Å²) in [5, 5.41) is 9.61. The highest BCUT2D eigenvalue weighted by Crippen LogP contribution is 2.29. The average molecular weight is 378 g/mol. The molecule has 0 saturated heterocycles. The number of amides is 1. The van der Waals surface area contributed by atoms with Crippen LogP contribution in [0.5, 0.6) is 5.75 Å². The third-order valence-corrected chi connectivity index (χ3v) is 4.35. The Balaban J connectivity index is 2.24. The van der Waals surface area contributed by atoms with Crippen LogP contribution in [0.1, 0.15) is 54.9 Å². The zero-order valence-electron chi connectivity index (χ0n) is 15.5. The van der Waals surface area contributed by atoms with Crippen LogP contribution in [0.3, 0.4) is 0 Å². The van der Waals surface area contributed by atoms with E-state index in [1.54, 1.807) is 18.2 Å². The standard InChI is InChI=1S/C19H24ClN3O3/c1-5-12-14(19(25)23-22-15(12)6-2)10-21-18(24)13-8-7-9-16(17(13)20)26-11(3)4/h7-9,11H,5-6,10H2,1-4H3,(H,21,24)(H,23,25). The summed E-state index contributed by atoms with van der Waals surface area (Å²) in [6.07, 6.45) is 1.33. The summed E-state index contributed by atoms with van der Waals surface area (Å²) in [6.45, 7) is 7.82. The van der Waals surface area contributed by atoms with Crippen molar-refractivity contribution in [2.75, 3.05) is 0 Å². The number of hydrogen-bond donors (Lipinski definition) is 2. The maximum Gasteiger partial charge on any atom is 0.269 e. The van der Waals surface area contributed by atoms with Gasteiger partial charge in [0.2, 0.25) is 0 Å². The van der Waals surface area contributed by atoms with E-state index in [4.69, 9.17) is 16.3 Å². The Morgan fingerprint density at radius 2 is 2.00 bits per heavy atom. The number of H-pyrrole nitrogens is 1. The lowest BCUT2D eigenvalue weighted by Crippen LogP contribution is -2.29. The Bertz CT molecular complexity index is 846. The SMILES string of the molecule is CCc1n[nH]c(=O)c(CNC(=O)c2cccc(OC(C)C)c2Cl)c1CC. The normalized spacial score (nSPS) is 10.8. The molecule has 1 aromatic carbocycles. The first-order chi connectivity index (χ1) is 12.4. The van der Waals surface area contributed by atoms with E-state index >= 15 is 0 Å². The number of ether oxygens (including phenoxy) is 1. The Morgan fingerprint density at radius 3 is 2.62 bits per heavy atom. The summed E-state index contributed by atoms with van der Waals surface area (Å²) >= 11 is 6.30. The van der Waals surface area contributed by atoms with Gasteiger partial charge in [0.15, 0.2) is 0 Å². The lowest BCUT2D eigenvalue weighted by molar-refractivity contribution is 0.0950. The average Bonchev–Trinajstić information content (AvgIpc) is 2.61. The summed E-state index contributed by atoms with van der Waals surface area (Å²) in [4.78, 5) is 24.7. The highest BCUT2D eigenvalue weighted by atomic mass is 35.5. The molecule has 0 saturated carbocycles. The number of nitrogens with zero attached hydrogens (tertiary/aromatic N) is 1. The van der Waals surface area contributed by atoms with Gasteiger partial charge in [-0.2, -0.15) is 5.10 Å². The summed E-state index contributed by atoms with van der Waals surface area (Å²) in [5.41, 5.74) is 2.26. The molecule has 0 unspecified atom stereocenters. The van der Waals surface area contributed by atoms with Gasteiger partial charge in [0.1, 0.15) is 5.75 Å². The van der Waals surface area contributed by atoms with Crippen molar-refractivity contribution < 1.29 is 9.53 Å². The van der Waals surface area contributed by atoms with E-state index < -0.39 is 0 Å². The lowest BCUT2D eigenvalue weighted by Gasteiger charge is -2.14. The third-order valence-electron chi connectivity index (χ3n) is 3.96. The Labute approximate surface area is 157 Å². The minimum atomic E-state index is -0.361. The van der Waals surface area contributed by atoms with E-state index in [0.717, 1.165) is 11.3 Å². The smallest absolute Gasteiger partial charge is 0.269 e. The van der Waals surface area contributed by atoms with E-state index in [9.17, 15) is 9.59 Å². The highest BCUT2D eigenvalue weighted by molar-refractivity contribution is 6.35. The molecule has 0 aliphatic carbocycles. The van der Waals surface area contributed by atoms with E-state index in [2.05, 4.69) is 15.5 Å². The predicted octanol–water partition coefficient (Wildman–Crippen LogP) is 3.27. The van der Waals surface area contributed by atoms with Crippen LogP contribution in [0.15, 0.2) is 23.0 Å². The van der Waals surface area contributed by atoms with Crippen LogP contribution in [0.25, 0.3) is 0 Å². The molecule has 7 heteroatoms. The maximum absolute atomic E-state index is 12.6. The molecule has 0 radical (unpaired) electrons. The second-order valence-corrected chi connectivity index (χ2v) is 6.51. The molecule has 1 amide bonds. The largest absolute Gasteiger partial charge is 0.489 e. The number of aromatic nitrogens is 2. The van der Waals surface area contributed by atoms with Crippen LogP contribution in [0.2, 0.25) is 5.02 Å². The fourth-order valence-electron chi connectivity index (χ4n) is 2.76. The van der Waals surface area contributed by atoms with Gasteiger partial charge < -0.3 is 10.1 Å². The second kappa shape index (κ2) is 8.85. The van der Waals surface area contributed by atoms with Crippen molar-refractivity contribution in [1.82, 2.24) is 15.5 Å². The number of rotatable bonds is 7. The van der Waals surface area contributed by atoms with Gasteiger partial charge in [-0.05, 0) is 44.4 Å². The van der Waals surface area contributed by atoms with Crippen molar-refractivity contribution in [3.63, 3.8) is 0 Å². The molecule has 2 aromatic rings. The van der Waals surface area contributed by atoms with Crippen molar-refractivity contribution >= 4 is 17.5 Å². The van der Waals surface area contributed by atoms with Crippen LogP contribution in [-0.2, 0) is 19.4 Å². The number of benzene rings is 1. The molecule has 140 valence electrons. The number of hydrogen-bond acceptors (Lipinski definition) is 4. The quantitative estimate of drug-likeness (QED) is 0.775. The van der Waals surface area contributed by atoms with Crippen molar-refractivity contribution in [3.05, 3.63) is 56.0 Å². The molecule has 2 rings (SSSR count). The first-order valence-electron chi connectivity index (χ1n) is 8.71. The van der Waals surface area contributed by atoms with Crippen LogP contribution in [0, 0.1) is 0 Å². The van der Waals surface area contributed by atoms with Crippen LogP contribution in [-0.4, -0.2) is 22.2 Å². The molecule has 0 fully saturated rings. The maximum atomic E-state index is 12.6. The van der Waals surface area contributed by atoms with E-state index in [0.29, 0.717) is 29.7 Å². The first-order valence-corrected chi connectivity index (χ1v) is 9.09. The van der Waals surface area contributed by atoms with Gasteiger partial charge in [0.05, 0.1) is 22.4 Å². The van der Waals surface area contributed by atoms with Crippen molar-refractivity contribution in [1.29, 1.82) is 0 Å². The third kappa shape index (κ3) is 4.43. The summed E-state index contributed by atoms with van der Waals surface area (Å²) in [7, 11) is 0. The fraction of sp³-hybridized carbons (Fsp3) is 0.421. The van der Waals surface area contributed by atoms with Crippen molar-refractivity contribution in [2.24, 2.45) is 0 Å². The molecule has 0 bridgehead atoms. The summed E-state index contributed by atoms with van der Waals surface area (Å²) in [6, 6.07) is 5.06. The van der Waals surface area contributed by atoms with Gasteiger partial charge in [-0.3, -0.25) is 9.59 Å². The number of aryl methyl sites for hydroxylation is 1. The number of nitrogens with one attached hydrogen (secondary N) is 2. The zero-order chi connectivity index (χ0) is 19.3. The van der Waals surface area contributed by atoms with Gasteiger partial charge in [-0.15, -0.1) is 0 Å². The molecule has 26 heavy (non-hydrogen) atoms. The van der Waals surface area contributed by atoms with Crippen molar-refractivity contribution in [2.45, 2.75) is 53.2 Å². The van der Waals surface area contributed by atoms with E-state index in [1.807, 2.05) is 27.7 Å². The van der Waals surface area contributed by atoms with Gasteiger partial charge in [0, 0.05) is 12.1 Å². The minimum absolute atomic E-state index is 0.0548. The van der Waals surface area contributed by atoms with Crippen LogP contribution >= 0.6 is 11.6 Å². The second-order valence-electron chi connectivity index (χ2n) is 6.13. The molecule has 0 spiro atoms. The Hall–Kier alpha value is -2.34. The number of carbonyl (C=O) groups excluding carboxylic acids is 1. The number of aromatic amines is 1. The van der Waals surface area contributed by atoms with E-state index in [-0.39, 0.29) is 29.1 Å². The molecule has 0 aliphatic heterocycles. The fourth-order valence-corrected chi connectivity index (χ4v) is 3.01. The molecule has 1 aromatic heterocycles. The monoisotopic (exact) mass is 377 g/mol. The topological polar surface area (TPSA) is 84.1 Å². The van der Waals surface area contributed by atoms with Gasteiger partial charge in [-0.1, -0.05) is 31.5 Å². The zero-order valence-corrected chi connectivity index (χ0v) is 16.2. The van der Waals surface area contributed by atoms with Gasteiger partial charge >= 0.3 is 0 Å². The summed E-state index contributed by atoms with van der Waals surface area (Å²) in [5.74, 6) is 0.0964. The molecule has 2 N–H and O–H groups in total. The van der Waals surface area contributed by atoms with Gasteiger partial charge in [0.25, 0.3) is 11.5 Å². The number of halogens is 1. The van der Waals surface area contributed by atoms with Crippen LogP contribution in [0.4, 0.5) is 0 Å². The Kier molecular flexibility index (Phi) is 6.80. The lowest BCUT2D eigenvalue weighted by atomic mass is 10.0. The molecular formula is C19H24ClN3O3. The molecule has 1 heterocycles. The van der Waals surface area contributed by atoms with Crippen molar-refractivity contribution in [3.8, 4) is 5.75 Å². The number of carbonyl (C=O) groups is 1. The summed E-state index contributed by atoms with van der Waals surface area (Å²) < 4.78 is 5.61. The predicted molar refractivity (Wildman–Crippen MR) is 102 cm³/mol. The molecule has 0 atom stereocenters. The first kappa shape index (κ1) is 20.0. The molecule has 6 nitrogen and oxygen atoms in total. The molecular weight excluding hydrogens is 354 g/mol.